The van der Waals surface area contributed by atoms with Gasteiger partial charge >= 0.3 is 0 Å². The zero-order chi connectivity index (χ0) is 7.98. The zero-order valence-corrected chi connectivity index (χ0v) is 6.96. The number of ether oxygens (including phenoxy) is 2. The van der Waals surface area contributed by atoms with Crippen LogP contribution < -0.4 is 5.73 Å². The third-order valence-corrected chi connectivity index (χ3v) is 1.55. The maximum absolute atomic E-state index is 5.37. The summed E-state index contributed by atoms with van der Waals surface area (Å²) in [7, 11) is 3.28. The Balaban J connectivity index is 3.53. The second-order valence-corrected chi connectivity index (χ2v) is 2.39. The van der Waals surface area contributed by atoms with E-state index < -0.39 is 0 Å². The lowest BCUT2D eigenvalue weighted by Crippen LogP contribution is -2.24. The van der Waals surface area contributed by atoms with Crippen LogP contribution in [0.4, 0.5) is 0 Å². The molecule has 1 atom stereocenters. The van der Waals surface area contributed by atoms with E-state index in [0.29, 0.717) is 12.5 Å². The van der Waals surface area contributed by atoms with Crippen molar-refractivity contribution < 1.29 is 9.47 Å². The smallest absolute Gasteiger partial charge is 0.159 e. The normalized spacial score (nSPS) is 14.1. The number of nitrogens with two attached hydrogens (primary N) is 1. The highest BCUT2D eigenvalue weighted by atomic mass is 16.7. The fourth-order valence-electron chi connectivity index (χ4n) is 0.960. The summed E-state index contributed by atoms with van der Waals surface area (Å²) >= 11 is 0. The minimum atomic E-state index is -0.108. The van der Waals surface area contributed by atoms with Gasteiger partial charge in [-0.2, -0.15) is 0 Å². The van der Waals surface area contributed by atoms with Crippen LogP contribution in [-0.4, -0.2) is 27.1 Å². The fraction of sp³-hybridized carbons (Fsp3) is 1.00. The van der Waals surface area contributed by atoms with Crippen molar-refractivity contribution in [2.24, 2.45) is 11.7 Å². The minimum Gasteiger partial charge on any atom is -0.356 e. The van der Waals surface area contributed by atoms with Crippen molar-refractivity contribution in [1.29, 1.82) is 0 Å². The molecule has 0 saturated heterocycles. The van der Waals surface area contributed by atoms with Crippen molar-refractivity contribution in [3.8, 4) is 0 Å². The average Bonchev–Trinajstić information content (AvgIpc) is 1.91. The van der Waals surface area contributed by atoms with Crippen LogP contribution in [0, 0.1) is 5.92 Å². The SMILES string of the molecule is COC(OC)[C@@H](C)CCN. The molecule has 0 aromatic heterocycles. The van der Waals surface area contributed by atoms with Crippen LogP contribution in [0.1, 0.15) is 13.3 Å². The van der Waals surface area contributed by atoms with Gasteiger partial charge < -0.3 is 15.2 Å². The van der Waals surface area contributed by atoms with Gasteiger partial charge in [-0.3, -0.25) is 0 Å². The highest BCUT2D eigenvalue weighted by molar-refractivity contribution is 4.56. The highest BCUT2D eigenvalue weighted by Gasteiger charge is 2.13. The molecule has 2 N–H and O–H groups in total. The predicted octanol–water partition coefficient (Wildman–Crippen LogP) is 0.590. The van der Waals surface area contributed by atoms with Crippen LogP contribution in [0.5, 0.6) is 0 Å². The van der Waals surface area contributed by atoms with Gasteiger partial charge in [0, 0.05) is 20.1 Å². The quantitative estimate of drug-likeness (QED) is 0.579. The first-order valence-corrected chi connectivity index (χ1v) is 3.52. The van der Waals surface area contributed by atoms with Crippen molar-refractivity contribution >= 4 is 0 Å². The van der Waals surface area contributed by atoms with Crippen LogP contribution in [0.25, 0.3) is 0 Å². The van der Waals surface area contributed by atoms with Gasteiger partial charge in [0.05, 0.1) is 0 Å². The average molecular weight is 147 g/mol. The van der Waals surface area contributed by atoms with Gasteiger partial charge in [-0.25, -0.2) is 0 Å². The molecule has 0 amide bonds. The van der Waals surface area contributed by atoms with Gasteiger partial charge in [0.15, 0.2) is 6.29 Å². The Labute approximate surface area is 62.5 Å². The van der Waals surface area contributed by atoms with Crippen molar-refractivity contribution in [2.75, 3.05) is 20.8 Å². The molecule has 0 spiro atoms. The van der Waals surface area contributed by atoms with E-state index in [-0.39, 0.29) is 6.29 Å². The summed E-state index contributed by atoms with van der Waals surface area (Å²) in [6.07, 6.45) is 0.829. The number of methoxy groups -OCH3 is 2. The molecule has 0 aliphatic heterocycles. The van der Waals surface area contributed by atoms with Gasteiger partial charge in [-0.1, -0.05) is 6.92 Å². The lowest BCUT2D eigenvalue weighted by molar-refractivity contribution is -0.133. The van der Waals surface area contributed by atoms with Crippen LogP contribution in [0.2, 0.25) is 0 Å². The lowest BCUT2D eigenvalue weighted by atomic mass is 10.1. The second kappa shape index (κ2) is 5.65. The monoisotopic (exact) mass is 147 g/mol. The standard InChI is InChI=1S/C7H17NO2/c1-6(4-5-8)7(9-2)10-3/h6-7H,4-5,8H2,1-3H3/t6-/m0/s1. The summed E-state index contributed by atoms with van der Waals surface area (Å²) < 4.78 is 10.1. The van der Waals surface area contributed by atoms with Crippen LogP contribution in [0.3, 0.4) is 0 Å². The molecule has 0 radical (unpaired) electrons. The summed E-state index contributed by atoms with van der Waals surface area (Å²) in [4.78, 5) is 0. The molecule has 0 aromatic carbocycles. The summed E-state index contributed by atoms with van der Waals surface area (Å²) in [6, 6.07) is 0. The Kier molecular flexibility index (Phi) is 5.58. The molecular formula is C7H17NO2. The molecule has 0 bridgehead atoms. The van der Waals surface area contributed by atoms with Gasteiger partial charge in [0.25, 0.3) is 0 Å². The van der Waals surface area contributed by atoms with Crippen LogP contribution >= 0.6 is 0 Å². The molecule has 0 rings (SSSR count). The van der Waals surface area contributed by atoms with Gasteiger partial charge in [0.2, 0.25) is 0 Å². The Morgan fingerprint density at radius 2 is 1.80 bits per heavy atom. The molecule has 0 heterocycles. The fourth-order valence-corrected chi connectivity index (χ4v) is 0.960. The van der Waals surface area contributed by atoms with Gasteiger partial charge in [-0.15, -0.1) is 0 Å². The van der Waals surface area contributed by atoms with E-state index in [1.165, 1.54) is 0 Å². The Hall–Kier alpha value is -0.120. The molecule has 3 heteroatoms. The molecule has 0 fully saturated rings. The van der Waals surface area contributed by atoms with E-state index in [4.69, 9.17) is 15.2 Å². The van der Waals surface area contributed by atoms with Crippen molar-refractivity contribution in [2.45, 2.75) is 19.6 Å². The summed E-state index contributed by atoms with van der Waals surface area (Å²) in [6.45, 7) is 2.74. The first-order valence-electron chi connectivity index (χ1n) is 3.52. The number of rotatable bonds is 5. The van der Waals surface area contributed by atoms with E-state index in [0.717, 1.165) is 6.42 Å². The summed E-state index contributed by atoms with van der Waals surface area (Å²) in [5.41, 5.74) is 5.37. The van der Waals surface area contributed by atoms with E-state index in [1.807, 2.05) is 0 Å². The van der Waals surface area contributed by atoms with Gasteiger partial charge in [0.1, 0.15) is 0 Å². The predicted molar refractivity (Wildman–Crippen MR) is 40.6 cm³/mol. The maximum Gasteiger partial charge on any atom is 0.159 e. The molecule has 0 unspecified atom stereocenters. The maximum atomic E-state index is 5.37. The topological polar surface area (TPSA) is 44.5 Å². The Bertz CT molecular complexity index is 74.0. The minimum absolute atomic E-state index is 0.108. The Morgan fingerprint density at radius 1 is 1.30 bits per heavy atom. The molecule has 0 aromatic rings. The van der Waals surface area contributed by atoms with Crippen molar-refractivity contribution in [3.05, 3.63) is 0 Å². The van der Waals surface area contributed by atoms with Gasteiger partial charge in [-0.05, 0) is 13.0 Å². The third kappa shape index (κ3) is 3.15. The molecule has 0 aliphatic carbocycles. The molecule has 0 aliphatic rings. The number of hydrogen-bond acceptors (Lipinski definition) is 3. The lowest BCUT2D eigenvalue weighted by Gasteiger charge is -2.19. The number of hydrogen-bond donors (Lipinski definition) is 1. The van der Waals surface area contributed by atoms with Crippen molar-refractivity contribution in [3.63, 3.8) is 0 Å². The largest absolute Gasteiger partial charge is 0.356 e. The van der Waals surface area contributed by atoms with Crippen molar-refractivity contribution in [1.82, 2.24) is 0 Å². The first-order chi connectivity index (χ1) is 4.76. The molecule has 3 nitrogen and oxygen atoms in total. The molecule has 10 heavy (non-hydrogen) atoms. The van der Waals surface area contributed by atoms with E-state index in [9.17, 15) is 0 Å². The molecule has 0 saturated carbocycles. The molecular weight excluding hydrogens is 130 g/mol. The van der Waals surface area contributed by atoms with E-state index in [1.54, 1.807) is 14.2 Å². The van der Waals surface area contributed by atoms with Crippen LogP contribution in [0.15, 0.2) is 0 Å². The molecule has 62 valence electrons. The highest BCUT2D eigenvalue weighted by Crippen LogP contribution is 2.09. The Morgan fingerprint density at radius 3 is 2.10 bits per heavy atom. The summed E-state index contributed by atoms with van der Waals surface area (Å²) in [5.74, 6) is 0.375. The summed E-state index contributed by atoms with van der Waals surface area (Å²) in [5, 5.41) is 0. The zero-order valence-electron chi connectivity index (χ0n) is 6.96. The van der Waals surface area contributed by atoms with Crippen LogP contribution in [-0.2, 0) is 9.47 Å². The first kappa shape index (κ1) is 9.88. The van der Waals surface area contributed by atoms with E-state index >= 15 is 0 Å². The third-order valence-electron chi connectivity index (χ3n) is 1.55. The van der Waals surface area contributed by atoms with E-state index in [2.05, 4.69) is 6.92 Å². The second-order valence-electron chi connectivity index (χ2n) is 2.39.